The number of ether oxygens (including phenoxy) is 2. The van der Waals surface area contributed by atoms with Gasteiger partial charge in [-0.3, -0.25) is 4.40 Å². The van der Waals surface area contributed by atoms with Gasteiger partial charge in [-0.2, -0.15) is 0 Å². The highest BCUT2D eigenvalue weighted by Crippen LogP contribution is 2.23. The third kappa shape index (κ3) is 4.81. The van der Waals surface area contributed by atoms with Crippen LogP contribution in [0.2, 0.25) is 0 Å². The van der Waals surface area contributed by atoms with Gasteiger partial charge in [0.25, 0.3) is 0 Å². The summed E-state index contributed by atoms with van der Waals surface area (Å²) in [6.07, 6.45) is 4.61. The van der Waals surface area contributed by atoms with Gasteiger partial charge in [-0.25, -0.2) is 14.8 Å². The van der Waals surface area contributed by atoms with E-state index in [1.807, 2.05) is 48.5 Å². The Kier molecular flexibility index (Phi) is 6.09. The van der Waals surface area contributed by atoms with Gasteiger partial charge in [0, 0.05) is 24.8 Å². The highest BCUT2D eigenvalue weighted by atomic mass is 16.5. The van der Waals surface area contributed by atoms with Crippen LogP contribution in [0.15, 0.2) is 67.1 Å². The van der Waals surface area contributed by atoms with Gasteiger partial charge in [0.1, 0.15) is 18.1 Å². The van der Waals surface area contributed by atoms with Gasteiger partial charge in [-0.05, 0) is 42.0 Å². The van der Waals surface area contributed by atoms with Gasteiger partial charge in [0.15, 0.2) is 11.3 Å². The molecule has 0 saturated heterocycles. The number of aromatic carboxylic acids is 1. The van der Waals surface area contributed by atoms with Crippen LogP contribution in [-0.4, -0.2) is 45.7 Å². The molecule has 2 aromatic carbocycles. The Labute approximate surface area is 179 Å². The first-order valence-corrected chi connectivity index (χ1v) is 9.77. The molecule has 0 atom stereocenters. The molecule has 0 fully saturated rings. The summed E-state index contributed by atoms with van der Waals surface area (Å²) in [5.41, 5.74) is 3.42. The number of nitrogens with zero attached hydrogens (tertiary/aromatic N) is 3. The van der Waals surface area contributed by atoms with Crippen LogP contribution in [0.4, 0.5) is 0 Å². The number of carboxylic acid groups (broad SMARTS) is 1. The van der Waals surface area contributed by atoms with Crippen LogP contribution < -0.4 is 14.8 Å². The van der Waals surface area contributed by atoms with Crippen molar-refractivity contribution in [1.29, 1.82) is 0 Å². The molecule has 4 aromatic rings. The minimum atomic E-state index is -1.08. The number of imidazole rings is 1. The number of rotatable bonds is 9. The van der Waals surface area contributed by atoms with Crippen molar-refractivity contribution in [1.82, 2.24) is 19.7 Å². The molecule has 0 amide bonds. The van der Waals surface area contributed by atoms with Gasteiger partial charge in [-0.1, -0.05) is 12.1 Å². The normalized spacial score (nSPS) is 10.9. The Bertz CT molecular complexity index is 1170. The van der Waals surface area contributed by atoms with Crippen molar-refractivity contribution in [2.24, 2.45) is 0 Å². The fourth-order valence-corrected chi connectivity index (χ4v) is 3.15. The van der Waals surface area contributed by atoms with Crippen LogP contribution in [0, 0.1) is 0 Å². The number of benzene rings is 2. The zero-order valence-corrected chi connectivity index (χ0v) is 17.0. The van der Waals surface area contributed by atoms with Gasteiger partial charge in [0.05, 0.1) is 25.2 Å². The smallest absolute Gasteiger partial charge is 0.356 e. The summed E-state index contributed by atoms with van der Waals surface area (Å²) in [5.74, 6) is 0.529. The second-order valence-corrected chi connectivity index (χ2v) is 6.85. The Morgan fingerprint density at radius 2 is 1.77 bits per heavy atom. The molecule has 0 aliphatic heterocycles. The molecule has 0 bridgehead atoms. The lowest BCUT2D eigenvalue weighted by Gasteiger charge is -2.09. The first kappa shape index (κ1) is 20.4. The minimum Gasteiger partial charge on any atom is -0.497 e. The summed E-state index contributed by atoms with van der Waals surface area (Å²) in [6.45, 7) is 2.01. The molecule has 2 N–H and O–H groups in total. The first-order chi connectivity index (χ1) is 15.1. The molecule has 158 valence electrons. The summed E-state index contributed by atoms with van der Waals surface area (Å²) >= 11 is 0. The zero-order chi connectivity index (χ0) is 21.6. The fourth-order valence-electron chi connectivity index (χ4n) is 3.15. The predicted molar refractivity (Wildman–Crippen MR) is 116 cm³/mol. The van der Waals surface area contributed by atoms with E-state index in [1.165, 1.54) is 18.0 Å². The van der Waals surface area contributed by atoms with Crippen molar-refractivity contribution in [3.8, 4) is 22.8 Å². The maximum atomic E-state index is 11.2. The van der Waals surface area contributed by atoms with Crippen LogP contribution in [0.1, 0.15) is 16.1 Å². The average molecular weight is 418 g/mol. The number of aromatic nitrogens is 3. The molecule has 4 rings (SSSR count). The third-order valence-corrected chi connectivity index (χ3v) is 4.80. The van der Waals surface area contributed by atoms with Crippen molar-refractivity contribution < 1.29 is 19.4 Å². The lowest BCUT2D eigenvalue weighted by Crippen LogP contribution is -2.20. The quantitative estimate of drug-likeness (QED) is 0.403. The fraction of sp³-hybridized carbons (Fsp3) is 0.174. The SMILES string of the molecule is COc1ccc(CNCCOc2ccc(-c3cnc4cnc(C(=O)O)cn34)cc2)cc1. The molecule has 0 radical (unpaired) electrons. The van der Waals surface area contributed by atoms with Crippen molar-refractivity contribution in [2.45, 2.75) is 6.54 Å². The number of carbonyl (C=O) groups is 1. The maximum absolute atomic E-state index is 11.2. The molecule has 31 heavy (non-hydrogen) atoms. The van der Waals surface area contributed by atoms with Crippen LogP contribution in [0.3, 0.4) is 0 Å². The molecule has 8 nitrogen and oxygen atoms in total. The first-order valence-electron chi connectivity index (χ1n) is 9.77. The Morgan fingerprint density at radius 3 is 2.48 bits per heavy atom. The Balaban J connectivity index is 1.32. The topological polar surface area (TPSA) is 98.0 Å². The number of hydrogen-bond donors (Lipinski definition) is 2. The summed E-state index contributed by atoms with van der Waals surface area (Å²) < 4.78 is 12.7. The molecular weight excluding hydrogens is 396 g/mol. The number of methoxy groups -OCH3 is 1. The summed E-state index contributed by atoms with van der Waals surface area (Å²) in [6, 6.07) is 15.6. The Morgan fingerprint density at radius 1 is 1.03 bits per heavy atom. The molecular formula is C23H22N4O4. The van der Waals surface area contributed by atoms with Crippen molar-refractivity contribution in [3.63, 3.8) is 0 Å². The van der Waals surface area contributed by atoms with E-state index in [0.29, 0.717) is 18.8 Å². The van der Waals surface area contributed by atoms with E-state index >= 15 is 0 Å². The molecule has 2 heterocycles. The molecule has 0 unspecified atom stereocenters. The Hall–Kier alpha value is -3.91. The van der Waals surface area contributed by atoms with Crippen molar-refractivity contribution >= 4 is 11.6 Å². The third-order valence-electron chi connectivity index (χ3n) is 4.80. The lowest BCUT2D eigenvalue weighted by molar-refractivity contribution is 0.0690. The van der Waals surface area contributed by atoms with Gasteiger partial charge in [-0.15, -0.1) is 0 Å². The molecule has 0 aliphatic carbocycles. The van der Waals surface area contributed by atoms with Crippen LogP contribution in [-0.2, 0) is 6.54 Å². The number of hydrogen-bond acceptors (Lipinski definition) is 6. The molecule has 0 aliphatic rings. The van der Waals surface area contributed by atoms with Crippen LogP contribution in [0.5, 0.6) is 11.5 Å². The number of fused-ring (bicyclic) bond motifs is 1. The van der Waals surface area contributed by atoms with E-state index in [-0.39, 0.29) is 5.69 Å². The largest absolute Gasteiger partial charge is 0.497 e. The lowest BCUT2D eigenvalue weighted by atomic mass is 10.1. The zero-order valence-electron chi connectivity index (χ0n) is 17.0. The van der Waals surface area contributed by atoms with E-state index in [0.717, 1.165) is 29.3 Å². The average Bonchev–Trinajstić information content (AvgIpc) is 3.23. The van der Waals surface area contributed by atoms with E-state index in [9.17, 15) is 4.79 Å². The van der Waals surface area contributed by atoms with Crippen molar-refractivity contribution in [3.05, 3.63) is 78.4 Å². The van der Waals surface area contributed by atoms with Crippen LogP contribution in [0.25, 0.3) is 16.9 Å². The second kappa shape index (κ2) is 9.27. The summed E-state index contributed by atoms with van der Waals surface area (Å²) in [5, 5.41) is 12.5. The van der Waals surface area contributed by atoms with Crippen molar-refractivity contribution in [2.75, 3.05) is 20.3 Å². The predicted octanol–water partition coefficient (Wildman–Crippen LogP) is 3.27. The highest BCUT2D eigenvalue weighted by molar-refractivity contribution is 5.85. The summed E-state index contributed by atoms with van der Waals surface area (Å²) in [7, 11) is 1.65. The van der Waals surface area contributed by atoms with E-state index in [4.69, 9.17) is 14.6 Å². The van der Waals surface area contributed by atoms with Gasteiger partial charge in [0.2, 0.25) is 0 Å². The van der Waals surface area contributed by atoms with Crippen LogP contribution >= 0.6 is 0 Å². The molecule has 0 spiro atoms. The maximum Gasteiger partial charge on any atom is 0.356 e. The molecule has 0 saturated carbocycles. The number of nitrogens with one attached hydrogen (secondary N) is 1. The monoisotopic (exact) mass is 418 g/mol. The summed E-state index contributed by atoms with van der Waals surface area (Å²) in [4.78, 5) is 19.4. The number of carboxylic acids is 1. The molecule has 8 heteroatoms. The highest BCUT2D eigenvalue weighted by Gasteiger charge is 2.11. The van der Waals surface area contributed by atoms with Gasteiger partial charge < -0.3 is 19.9 Å². The van der Waals surface area contributed by atoms with E-state index in [1.54, 1.807) is 17.7 Å². The molecule has 2 aromatic heterocycles. The second-order valence-electron chi connectivity index (χ2n) is 6.85. The van der Waals surface area contributed by atoms with E-state index in [2.05, 4.69) is 15.3 Å². The van der Waals surface area contributed by atoms with Gasteiger partial charge >= 0.3 is 5.97 Å². The van der Waals surface area contributed by atoms with E-state index < -0.39 is 5.97 Å². The minimum absolute atomic E-state index is 0.0335. The standard InChI is InChI=1S/C23H22N4O4/c1-30-18-6-2-16(3-7-18)12-24-10-11-31-19-8-4-17(5-9-19)21-13-26-22-14-25-20(23(28)29)15-27(21)22/h2-9,13-15,24H,10-12H2,1H3,(H,28,29).